The fraction of sp³-hybridized carbons (Fsp3) is 0.278. The van der Waals surface area contributed by atoms with Crippen LogP contribution in [0.4, 0.5) is 0 Å². The first-order valence-electron chi connectivity index (χ1n) is 7.63. The lowest BCUT2D eigenvalue weighted by molar-refractivity contribution is 0.0726. The molecule has 0 atom stereocenters. The Morgan fingerprint density at radius 3 is 2.91 bits per heavy atom. The summed E-state index contributed by atoms with van der Waals surface area (Å²) in [7, 11) is 0. The van der Waals surface area contributed by atoms with Gasteiger partial charge in [0.2, 0.25) is 0 Å². The normalized spacial score (nSPS) is 14.4. The van der Waals surface area contributed by atoms with Crippen molar-refractivity contribution in [1.29, 1.82) is 0 Å². The van der Waals surface area contributed by atoms with Crippen LogP contribution in [0.5, 0.6) is 0 Å². The molecule has 3 aromatic rings. The molecule has 4 rings (SSSR count). The van der Waals surface area contributed by atoms with Crippen molar-refractivity contribution in [3.63, 3.8) is 0 Å². The van der Waals surface area contributed by atoms with Crippen LogP contribution in [0, 0.1) is 6.92 Å². The molecule has 2 heterocycles. The van der Waals surface area contributed by atoms with Crippen LogP contribution in [0.3, 0.4) is 0 Å². The molecule has 1 amide bonds. The number of aryl methyl sites for hydroxylation is 1. The molecule has 22 heavy (non-hydrogen) atoms. The van der Waals surface area contributed by atoms with E-state index < -0.39 is 0 Å². The van der Waals surface area contributed by atoms with E-state index in [4.69, 9.17) is 0 Å². The Balaban J connectivity index is 1.64. The highest BCUT2D eigenvalue weighted by Gasteiger charge is 2.33. The Bertz CT molecular complexity index is 815. The third-order valence-electron chi connectivity index (χ3n) is 4.16. The molecule has 0 saturated heterocycles. The number of thiophene rings is 1. The summed E-state index contributed by atoms with van der Waals surface area (Å²) in [5.74, 6) is 0.116. The highest BCUT2D eigenvalue weighted by molar-refractivity contribution is 7.09. The van der Waals surface area contributed by atoms with Crippen LogP contribution >= 0.6 is 11.3 Å². The van der Waals surface area contributed by atoms with Gasteiger partial charge in [-0.15, -0.1) is 11.3 Å². The molecule has 4 heteroatoms. The van der Waals surface area contributed by atoms with Gasteiger partial charge in [0.15, 0.2) is 0 Å². The van der Waals surface area contributed by atoms with Gasteiger partial charge in [-0.05, 0) is 49.4 Å². The van der Waals surface area contributed by atoms with Gasteiger partial charge in [0.1, 0.15) is 5.69 Å². The summed E-state index contributed by atoms with van der Waals surface area (Å²) in [4.78, 5) is 19.4. The Morgan fingerprint density at radius 2 is 2.18 bits per heavy atom. The summed E-state index contributed by atoms with van der Waals surface area (Å²) in [5.41, 5.74) is 2.94. The summed E-state index contributed by atoms with van der Waals surface area (Å²) in [6, 6.07) is 12.8. The molecule has 0 unspecified atom stereocenters. The predicted octanol–water partition coefficient (Wildman–Crippen LogP) is 4.34. The maximum absolute atomic E-state index is 12.9. The molecule has 1 N–H and O–H groups in total. The largest absolute Gasteiger partial charge is 0.351 e. The molecule has 0 spiro atoms. The van der Waals surface area contributed by atoms with Crippen molar-refractivity contribution >= 4 is 28.1 Å². The molecule has 0 radical (unpaired) electrons. The molecule has 3 nitrogen and oxygen atoms in total. The quantitative estimate of drug-likeness (QED) is 0.764. The number of aromatic nitrogens is 1. The van der Waals surface area contributed by atoms with E-state index >= 15 is 0 Å². The summed E-state index contributed by atoms with van der Waals surface area (Å²) < 4.78 is 0. The fourth-order valence-corrected chi connectivity index (χ4v) is 3.55. The zero-order valence-electron chi connectivity index (χ0n) is 12.5. The number of benzene rings is 1. The first kappa shape index (κ1) is 13.6. The van der Waals surface area contributed by atoms with Crippen molar-refractivity contribution in [3.8, 4) is 0 Å². The minimum absolute atomic E-state index is 0.116. The average molecular weight is 310 g/mol. The number of hydrogen-bond donors (Lipinski definition) is 1. The van der Waals surface area contributed by atoms with Crippen LogP contribution in [-0.2, 0) is 6.54 Å². The Morgan fingerprint density at radius 1 is 1.32 bits per heavy atom. The maximum atomic E-state index is 12.9. The van der Waals surface area contributed by atoms with Gasteiger partial charge in [-0.1, -0.05) is 17.7 Å². The summed E-state index contributed by atoms with van der Waals surface area (Å²) in [5, 5.41) is 3.17. The predicted molar refractivity (Wildman–Crippen MR) is 90.3 cm³/mol. The number of hydrogen-bond acceptors (Lipinski definition) is 2. The van der Waals surface area contributed by atoms with E-state index in [0.29, 0.717) is 11.7 Å². The number of fused-ring (bicyclic) bond motifs is 1. The highest BCUT2D eigenvalue weighted by Crippen LogP contribution is 2.31. The second kappa shape index (κ2) is 5.29. The van der Waals surface area contributed by atoms with Gasteiger partial charge in [0.05, 0.1) is 6.54 Å². The molecular formula is C18H18N2OS. The molecule has 1 fully saturated rings. The molecule has 1 aromatic carbocycles. The molecule has 1 aliphatic carbocycles. The summed E-state index contributed by atoms with van der Waals surface area (Å²) in [6.07, 6.45) is 2.24. The number of amides is 1. The zero-order valence-corrected chi connectivity index (χ0v) is 13.3. The van der Waals surface area contributed by atoms with Crippen LogP contribution in [0.2, 0.25) is 0 Å². The monoisotopic (exact) mass is 310 g/mol. The minimum atomic E-state index is 0.116. The van der Waals surface area contributed by atoms with Crippen molar-refractivity contribution in [3.05, 3.63) is 57.9 Å². The Kier molecular flexibility index (Phi) is 3.26. The van der Waals surface area contributed by atoms with E-state index in [1.165, 1.54) is 10.4 Å². The van der Waals surface area contributed by atoms with Crippen LogP contribution in [-0.4, -0.2) is 21.8 Å². The van der Waals surface area contributed by atoms with Gasteiger partial charge >= 0.3 is 0 Å². The van der Waals surface area contributed by atoms with E-state index in [9.17, 15) is 4.79 Å². The summed E-state index contributed by atoms with van der Waals surface area (Å²) in [6.45, 7) is 2.79. The molecule has 1 aliphatic rings. The molecule has 0 aliphatic heterocycles. The highest BCUT2D eigenvalue weighted by atomic mass is 32.1. The maximum Gasteiger partial charge on any atom is 0.270 e. The standard InChI is InChI=1S/C18H18N2OS/c1-12-4-7-16-13(9-12)10-17(19-16)18(21)20(14-5-6-14)11-15-3-2-8-22-15/h2-4,7-10,14,19H,5-6,11H2,1H3. The van der Waals surface area contributed by atoms with Crippen molar-refractivity contribution in [2.24, 2.45) is 0 Å². The number of H-pyrrole nitrogens is 1. The minimum Gasteiger partial charge on any atom is -0.351 e. The topological polar surface area (TPSA) is 36.1 Å². The van der Waals surface area contributed by atoms with Gasteiger partial charge in [-0.25, -0.2) is 0 Å². The van der Waals surface area contributed by atoms with Gasteiger partial charge in [0.25, 0.3) is 5.91 Å². The van der Waals surface area contributed by atoms with E-state index in [0.717, 1.165) is 30.3 Å². The van der Waals surface area contributed by atoms with Crippen molar-refractivity contribution in [2.45, 2.75) is 32.4 Å². The first-order chi connectivity index (χ1) is 10.7. The average Bonchev–Trinajstić information content (AvgIpc) is 3.06. The molecule has 0 bridgehead atoms. The number of carbonyl (C=O) groups excluding carboxylic acids is 1. The number of aromatic amines is 1. The lowest BCUT2D eigenvalue weighted by Crippen LogP contribution is -2.32. The van der Waals surface area contributed by atoms with Crippen LogP contribution < -0.4 is 0 Å². The fourth-order valence-electron chi connectivity index (χ4n) is 2.85. The van der Waals surface area contributed by atoms with Crippen molar-refractivity contribution in [1.82, 2.24) is 9.88 Å². The Hall–Kier alpha value is -2.07. The van der Waals surface area contributed by atoms with E-state index in [1.807, 2.05) is 23.1 Å². The second-order valence-electron chi connectivity index (χ2n) is 6.02. The lowest BCUT2D eigenvalue weighted by Gasteiger charge is -2.21. The number of rotatable bonds is 4. The van der Waals surface area contributed by atoms with Gasteiger partial charge in [-0.2, -0.15) is 0 Å². The molecule has 1 saturated carbocycles. The van der Waals surface area contributed by atoms with Crippen LogP contribution in [0.1, 0.15) is 33.8 Å². The zero-order chi connectivity index (χ0) is 15.1. The molecular weight excluding hydrogens is 292 g/mol. The first-order valence-corrected chi connectivity index (χ1v) is 8.51. The van der Waals surface area contributed by atoms with E-state index in [2.05, 4.69) is 35.5 Å². The van der Waals surface area contributed by atoms with Crippen molar-refractivity contribution < 1.29 is 4.79 Å². The van der Waals surface area contributed by atoms with Crippen molar-refractivity contribution in [2.75, 3.05) is 0 Å². The number of nitrogens with one attached hydrogen (secondary N) is 1. The van der Waals surface area contributed by atoms with Crippen LogP contribution in [0.15, 0.2) is 41.8 Å². The van der Waals surface area contributed by atoms with E-state index in [1.54, 1.807) is 11.3 Å². The van der Waals surface area contributed by atoms with Crippen LogP contribution in [0.25, 0.3) is 10.9 Å². The lowest BCUT2D eigenvalue weighted by atomic mass is 10.2. The number of nitrogens with zero attached hydrogens (tertiary/aromatic N) is 1. The molecule has 112 valence electrons. The van der Waals surface area contributed by atoms with Gasteiger partial charge in [-0.3, -0.25) is 4.79 Å². The Labute approximate surface area is 133 Å². The number of carbonyl (C=O) groups is 1. The second-order valence-corrected chi connectivity index (χ2v) is 7.05. The van der Waals surface area contributed by atoms with Gasteiger partial charge in [0, 0.05) is 21.8 Å². The SMILES string of the molecule is Cc1ccc2[nH]c(C(=O)N(Cc3cccs3)C3CC3)cc2c1. The third kappa shape index (κ3) is 2.55. The molecule has 2 aromatic heterocycles. The smallest absolute Gasteiger partial charge is 0.270 e. The summed E-state index contributed by atoms with van der Waals surface area (Å²) >= 11 is 1.71. The van der Waals surface area contributed by atoms with Gasteiger partial charge < -0.3 is 9.88 Å². The third-order valence-corrected chi connectivity index (χ3v) is 5.02. The van der Waals surface area contributed by atoms with E-state index in [-0.39, 0.29) is 5.91 Å².